The first-order chi connectivity index (χ1) is 9.04. The minimum atomic E-state index is -0.875. The lowest BCUT2D eigenvalue weighted by Gasteiger charge is -2.19. The zero-order chi connectivity index (χ0) is 14.3. The molecule has 0 saturated carbocycles. The van der Waals surface area contributed by atoms with Gasteiger partial charge in [0.1, 0.15) is 5.82 Å². The van der Waals surface area contributed by atoms with Crippen molar-refractivity contribution in [2.45, 2.75) is 26.0 Å². The first-order valence-corrected chi connectivity index (χ1v) is 6.08. The third-order valence-corrected chi connectivity index (χ3v) is 2.61. The standard InChI is InChI=1S/C15H18FNO2/c1-3-4-5-6-14(18)17-11(2)15(19)12-7-9-13(16)10-8-12/h3-11,15,19H,1-2H3,(H,17,18). The summed E-state index contributed by atoms with van der Waals surface area (Å²) in [7, 11) is 0. The van der Waals surface area contributed by atoms with Crippen molar-refractivity contribution in [1.82, 2.24) is 5.32 Å². The van der Waals surface area contributed by atoms with Crippen LogP contribution < -0.4 is 5.32 Å². The maximum atomic E-state index is 12.8. The highest BCUT2D eigenvalue weighted by Gasteiger charge is 2.17. The molecule has 0 bridgehead atoms. The third-order valence-electron chi connectivity index (χ3n) is 2.61. The fraction of sp³-hybridized carbons (Fsp3) is 0.267. The number of allylic oxidation sites excluding steroid dienone is 3. The molecule has 0 aliphatic heterocycles. The van der Waals surface area contributed by atoms with E-state index in [-0.39, 0.29) is 11.7 Å². The molecule has 2 N–H and O–H groups in total. The Labute approximate surface area is 112 Å². The molecule has 2 atom stereocenters. The average Bonchev–Trinajstić information content (AvgIpc) is 2.39. The van der Waals surface area contributed by atoms with Crippen LogP contribution in [0.25, 0.3) is 0 Å². The van der Waals surface area contributed by atoms with Gasteiger partial charge in [0.25, 0.3) is 0 Å². The van der Waals surface area contributed by atoms with E-state index in [4.69, 9.17) is 0 Å². The van der Waals surface area contributed by atoms with Crippen molar-refractivity contribution in [3.8, 4) is 0 Å². The van der Waals surface area contributed by atoms with E-state index in [2.05, 4.69) is 5.32 Å². The van der Waals surface area contributed by atoms with Crippen LogP contribution in [0.1, 0.15) is 25.5 Å². The highest BCUT2D eigenvalue weighted by atomic mass is 19.1. The number of aliphatic hydroxyl groups excluding tert-OH is 1. The van der Waals surface area contributed by atoms with E-state index >= 15 is 0 Å². The van der Waals surface area contributed by atoms with Gasteiger partial charge < -0.3 is 10.4 Å². The van der Waals surface area contributed by atoms with Crippen LogP contribution in [0.3, 0.4) is 0 Å². The van der Waals surface area contributed by atoms with Gasteiger partial charge in [-0.3, -0.25) is 4.79 Å². The molecule has 0 saturated heterocycles. The lowest BCUT2D eigenvalue weighted by Crippen LogP contribution is -2.36. The number of hydrogen-bond acceptors (Lipinski definition) is 2. The summed E-state index contributed by atoms with van der Waals surface area (Å²) in [5, 5.41) is 12.7. The summed E-state index contributed by atoms with van der Waals surface area (Å²) >= 11 is 0. The maximum Gasteiger partial charge on any atom is 0.244 e. The summed E-state index contributed by atoms with van der Waals surface area (Å²) in [4.78, 5) is 11.5. The van der Waals surface area contributed by atoms with Crippen LogP contribution in [0.15, 0.2) is 48.6 Å². The Morgan fingerprint density at radius 2 is 1.95 bits per heavy atom. The Morgan fingerprint density at radius 1 is 1.32 bits per heavy atom. The Kier molecular flexibility index (Phi) is 5.96. The topological polar surface area (TPSA) is 49.3 Å². The van der Waals surface area contributed by atoms with Gasteiger partial charge in [0.15, 0.2) is 0 Å². The first kappa shape index (κ1) is 15.1. The lowest BCUT2D eigenvalue weighted by atomic mass is 10.0. The van der Waals surface area contributed by atoms with Gasteiger partial charge >= 0.3 is 0 Å². The van der Waals surface area contributed by atoms with E-state index in [9.17, 15) is 14.3 Å². The van der Waals surface area contributed by atoms with Crippen LogP contribution in [0.4, 0.5) is 4.39 Å². The molecule has 4 heteroatoms. The van der Waals surface area contributed by atoms with Crippen molar-refractivity contribution < 1.29 is 14.3 Å². The van der Waals surface area contributed by atoms with Gasteiger partial charge in [-0.1, -0.05) is 30.4 Å². The molecule has 102 valence electrons. The summed E-state index contributed by atoms with van der Waals surface area (Å²) in [6, 6.07) is 5.09. The van der Waals surface area contributed by atoms with Gasteiger partial charge in [-0.25, -0.2) is 4.39 Å². The van der Waals surface area contributed by atoms with Crippen LogP contribution in [0, 0.1) is 5.82 Å². The molecule has 3 nitrogen and oxygen atoms in total. The minimum Gasteiger partial charge on any atom is -0.386 e. The molecule has 1 aromatic carbocycles. The number of rotatable bonds is 5. The van der Waals surface area contributed by atoms with E-state index in [0.29, 0.717) is 5.56 Å². The van der Waals surface area contributed by atoms with Crippen LogP contribution in [-0.2, 0) is 4.79 Å². The second-order valence-corrected chi connectivity index (χ2v) is 4.18. The van der Waals surface area contributed by atoms with E-state index in [1.54, 1.807) is 25.2 Å². The molecule has 0 radical (unpaired) electrons. The molecule has 0 aromatic heterocycles. The molecule has 0 heterocycles. The largest absolute Gasteiger partial charge is 0.386 e. The number of benzene rings is 1. The van der Waals surface area contributed by atoms with Crippen molar-refractivity contribution in [3.63, 3.8) is 0 Å². The van der Waals surface area contributed by atoms with Crippen molar-refractivity contribution in [1.29, 1.82) is 0 Å². The number of carbonyl (C=O) groups excluding carboxylic acids is 1. The highest BCUT2D eigenvalue weighted by molar-refractivity contribution is 5.88. The Hall–Kier alpha value is -1.94. The molecule has 0 aliphatic rings. The fourth-order valence-corrected chi connectivity index (χ4v) is 1.55. The number of hydrogen-bond donors (Lipinski definition) is 2. The molecular weight excluding hydrogens is 245 g/mol. The maximum absolute atomic E-state index is 12.8. The summed E-state index contributed by atoms with van der Waals surface area (Å²) in [5.74, 6) is -0.645. The third kappa shape index (κ3) is 5.06. The summed E-state index contributed by atoms with van der Waals surface area (Å²) in [6.45, 7) is 3.54. The Morgan fingerprint density at radius 3 is 2.53 bits per heavy atom. The molecule has 0 spiro atoms. The van der Waals surface area contributed by atoms with Gasteiger partial charge in [-0.2, -0.15) is 0 Å². The van der Waals surface area contributed by atoms with Gasteiger partial charge in [0.2, 0.25) is 5.91 Å². The number of amides is 1. The number of carbonyl (C=O) groups is 1. The van der Waals surface area contributed by atoms with Crippen molar-refractivity contribution >= 4 is 5.91 Å². The quantitative estimate of drug-likeness (QED) is 0.633. The molecule has 1 aromatic rings. The van der Waals surface area contributed by atoms with E-state index < -0.39 is 12.1 Å². The van der Waals surface area contributed by atoms with Gasteiger partial charge in [-0.05, 0) is 31.5 Å². The second-order valence-electron chi connectivity index (χ2n) is 4.18. The average molecular weight is 263 g/mol. The Balaban J connectivity index is 2.59. The SMILES string of the molecule is CC=CC=CC(=O)NC(C)C(O)c1ccc(F)cc1. The molecule has 1 rings (SSSR count). The second kappa shape index (κ2) is 7.48. The zero-order valence-electron chi connectivity index (χ0n) is 11.0. The van der Waals surface area contributed by atoms with Crippen LogP contribution in [0.5, 0.6) is 0 Å². The van der Waals surface area contributed by atoms with E-state index in [1.165, 1.54) is 30.3 Å². The molecular formula is C15H18FNO2. The number of halogens is 1. The van der Waals surface area contributed by atoms with Crippen LogP contribution >= 0.6 is 0 Å². The van der Waals surface area contributed by atoms with Crippen molar-refractivity contribution in [2.24, 2.45) is 0 Å². The first-order valence-electron chi connectivity index (χ1n) is 6.08. The van der Waals surface area contributed by atoms with Gasteiger partial charge in [0.05, 0.1) is 12.1 Å². The smallest absolute Gasteiger partial charge is 0.244 e. The molecule has 0 aliphatic carbocycles. The summed E-state index contributed by atoms with van der Waals surface area (Å²) < 4.78 is 12.8. The van der Waals surface area contributed by atoms with E-state index in [1.807, 2.05) is 6.92 Å². The van der Waals surface area contributed by atoms with Crippen molar-refractivity contribution in [3.05, 3.63) is 60.0 Å². The predicted octanol–water partition coefficient (Wildman–Crippen LogP) is 2.50. The Bertz CT molecular complexity index is 466. The van der Waals surface area contributed by atoms with Crippen molar-refractivity contribution in [2.75, 3.05) is 0 Å². The van der Waals surface area contributed by atoms with Crippen LogP contribution in [0.2, 0.25) is 0 Å². The van der Waals surface area contributed by atoms with E-state index in [0.717, 1.165) is 0 Å². The fourth-order valence-electron chi connectivity index (χ4n) is 1.55. The molecule has 2 unspecified atom stereocenters. The monoisotopic (exact) mass is 263 g/mol. The summed E-state index contributed by atoms with van der Waals surface area (Å²) in [5.41, 5.74) is 0.562. The lowest BCUT2D eigenvalue weighted by molar-refractivity contribution is -0.117. The summed E-state index contributed by atoms with van der Waals surface area (Å²) in [6.07, 6.45) is 5.67. The zero-order valence-corrected chi connectivity index (χ0v) is 11.0. The van der Waals surface area contributed by atoms with Gasteiger partial charge in [0, 0.05) is 6.08 Å². The minimum absolute atomic E-state index is 0.285. The van der Waals surface area contributed by atoms with Gasteiger partial charge in [-0.15, -0.1) is 0 Å². The molecule has 0 fully saturated rings. The van der Waals surface area contributed by atoms with Crippen LogP contribution in [-0.4, -0.2) is 17.1 Å². The normalized spacial score (nSPS) is 14.7. The molecule has 1 amide bonds. The predicted molar refractivity (Wildman–Crippen MR) is 72.9 cm³/mol. The highest BCUT2D eigenvalue weighted by Crippen LogP contribution is 2.16. The number of nitrogens with one attached hydrogen (secondary N) is 1. The number of aliphatic hydroxyl groups is 1. The molecule has 19 heavy (non-hydrogen) atoms.